The number of carbonyl (C=O) groups is 3. The van der Waals surface area contributed by atoms with Gasteiger partial charge in [-0.05, 0) is 34.6 Å². The van der Waals surface area contributed by atoms with Gasteiger partial charge in [-0.2, -0.15) is 0 Å². The van der Waals surface area contributed by atoms with Gasteiger partial charge in [0.2, 0.25) is 5.91 Å². The standard InChI is InChI=1S/C25H28N2O6/c28-23(27-11-9-17(14-27)13-24(29)30)16-32-12-10-26-25(31)33-15-22-20-7-3-1-5-18(20)19-6-2-4-8-21(19)22/h1-8,17,22H,9-16H2,(H,26,31)(H,29,30). The number of amides is 2. The molecule has 174 valence electrons. The van der Waals surface area contributed by atoms with Crippen molar-refractivity contribution in [1.29, 1.82) is 0 Å². The van der Waals surface area contributed by atoms with E-state index in [1.807, 2.05) is 24.3 Å². The summed E-state index contributed by atoms with van der Waals surface area (Å²) in [7, 11) is 0. The first-order chi connectivity index (χ1) is 16.0. The number of rotatable bonds is 9. The second-order valence-electron chi connectivity index (χ2n) is 8.40. The van der Waals surface area contributed by atoms with Crippen molar-refractivity contribution in [2.45, 2.75) is 18.8 Å². The van der Waals surface area contributed by atoms with Crippen LogP contribution in [-0.2, 0) is 19.1 Å². The maximum absolute atomic E-state index is 12.2. The van der Waals surface area contributed by atoms with Crippen LogP contribution in [0.25, 0.3) is 11.1 Å². The van der Waals surface area contributed by atoms with E-state index in [1.165, 1.54) is 11.1 Å². The molecule has 0 bridgehead atoms. The normalized spacial score (nSPS) is 16.8. The Balaban J connectivity index is 1.15. The molecule has 2 aliphatic rings. The fourth-order valence-electron chi connectivity index (χ4n) is 4.60. The van der Waals surface area contributed by atoms with E-state index in [2.05, 4.69) is 29.6 Å². The number of fused-ring (bicyclic) bond motifs is 3. The zero-order chi connectivity index (χ0) is 23.2. The maximum atomic E-state index is 12.2. The number of likely N-dealkylation sites (tertiary alicyclic amines) is 1. The molecule has 0 spiro atoms. The SMILES string of the molecule is O=C(O)CC1CCN(C(=O)COCCNC(=O)OCC2c3ccccc3-c3ccccc32)C1. The van der Waals surface area contributed by atoms with Crippen LogP contribution in [0.5, 0.6) is 0 Å². The number of carbonyl (C=O) groups excluding carboxylic acids is 2. The van der Waals surface area contributed by atoms with Gasteiger partial charge in [-0.3, -0.25) is 9.59 Å². The molecule has 1 aliphatic heterocycles. The lowest BCUT2D eigenvalue weighted by Crippen LogP contribution is -2.34. The zero-order valence-corrected chi connectivity index (χ0v) is 18.4. The predicted octanol–water partition coefficient (Wildman–Crippen LogP) is 2.86. The molecule has 1 aliphatic carbocycles. The molecule has 2 aromatic carbocycles. The maximum Gasteiger partial charge on any atom is 0.407 e. The van der Waals surface area contributed by atoms with Crippen LogP contribution in [0.4, 0.5) is 4.79 Å². The fourth-order valence-corrected chi connectivity index (χ4v) is 4.60. The smallest absolute Gasteiger partial charge is 0.407 e. The lowest BCUT2D eigenvalue weighted by molar-refractivity contribution is -0.139. The molecule has 4 rings (SSSR count). The molecule has 1 saturated heterocycles. The number of ether oxygens (including phenoxy) is 2. The minimum absolute atomic E-state index is 0.00156. The summed E-state index contributed by atoms with van der Waals surface area (Å²) in [5.41, 5.74) is 4.65. The lowest BCUT2D eigenvalue weighted by Gasteiger charge is -2.16. The summed E-state index contributed by atoms with van der Waals surface area (Å²) in [5, 5.41) is 11.5. The predicted molar refractivity (Wildman–Crippen MR) is 121 cm³/mol. The third-order valence-corrected chi connectivity index (χ3v) is 6.19. The quantitative estimate of drug-likeness (QED) is 0.567. The van der Waals surface area contributed by atoms with Crippen LogP contribution in [0, 0.1) is 5.92 Å². The molecule has 2 amide bonds. The van der Waals surface area contributed by atoms with Crippen molar-refractivity contribution in [3.8, 4) is 11.1 Å². The average Bonchev–Trinajstić information content (AvgIpc) is 3.39. The van der Waals surface area contributed by atoms with Crippen LogP contribution in [0.3, 0.4) is 0 Å². The number of aliphatic carboxylic acids is 1. The van der Waals surface area contributed by atoms with Crippen molar-refractivity contribution >= 4 is 18.0 Å². The average molecular weight is 453 g/mol. The highest BCUT2D eigenvalue weighted by atomic mass is 16.5. The van der Waals surface area contributed by atoms with Crippen molar-refractivity contribution in [1.82, 2.24) is 10.2 Å². The van der Waals surface area contributed by atoms with Gasteiger partial charge in [-0.25, -0.2) is 4.79 Å². The molecule has 1 heterocycles. The third-order valence-electron chi connectivity index (χ3n) is 6.19. The molecule has 33 heavy (non-hydrogen) atoms. The Labute approximate surface area is 192 Å². The number of nitrogens with zero attached hydrogens (tertiary/aromatic N) is 1. The summed E-state index contributed by atoms with van der Waals surface area (Å²) in [6.07, 6.45) is 0.249. The van der Waals surface area contributed by atoms with E-state index in [0.717, 1.165) is 11.1 Å². The van der Waals surface area contributed by atoms with Crippen LogP contribution in [0.15, 0.2) is 48.5 Å². The number of carboxylic acids is 1. The topological polar surface area (TPSA) is 105 Å². The van der Waals surface area contributed by atoms with Gasteiger partial charge in [0.05, 0.1) is 6.61 Å². The van der Waals surface area contributed by atoms with Gasteiger partial charge in [-0.15, -0.1) is 0 Å². The van der Waals surface area contributed by atoms with Crippen LogP contribution >= 0.6 is 0 Å². The highest BCUT2D eigenvalue weighted by Gasteiger charge is 2.29. The Bertz CT molecular complexity index is 978. The van der Waals surface area contributed by atoms with E-state index in [-0.39, 0.29) is 50.5 Å². The number of carboxylic acid groups (broad SMARTS) is 1. The van der Waals surface area contributed by atoms with Gasteiger partial charge in [0, 0.05) is 32.0 Å². The van der Waals surface area contributed by atoms with E-state index in [9.17, 15) is 14.4 Å². The van der Waals surface area contributed by atoms with Crippen molar-refractivity contribution in [3.63, 3.8) is 0 Å². The van der Waals surface area contributed by atoms with Gasteiger partial charge >= 0.3 is 12.1 Å². The first kappa shape index (κ1) is 22.8. The first-order valence-corrected chi connectivity index (χ1v) is 11.2. The van der Waals surface area contributed by atoms with Crippen LogP contribution in [0.1, 0.15) is 29.9 Å². The van der Waals surface area contributed by atoms with E-state index >= 15 is 0 Å². The highest BCUT2D eigenvalue weighted by Crippen LogP contribution is 2.44. The molecule has 0 radical (unpaired) electrons. The number of nitrogens with one attached hydrogen (secondary N) is 1. The largest absolute Gasteiger partial charge is 0.481 e. The van der Waals surface area contributed by atoms with Gasteiger partial charge in [0.15, 0.2) is 0 Å². The van der Waals surface area contributed by atoms with E-state index in [1.54, 1.807) is 4.90 Å². The summed E-state index contributed by atoms with van der Waals surface area (Å²) in [4.78, 5) is 36.7. The molecule has 2 aromatic rings. The fraction of sp³-hybridized carbons (Fsp3) is 0.400. The Morgan fingerprint density at radius 1 is 1.03 bits per heavy atom. The second kappa shape index (κ2) is 10.5. The van der Waals surface area contributed by atoms with Crippen LogP contribution in [-0.4, -0.2) is 67.4 Å². The van der Waals surface area contributed by atoms with Crippen LogP contribution in [0.2, 0.25) is 0 Å². The van der Waals surface area contributed by atoms with E-state index < -0.39 is 12.1 Å². The summed E-state index contributed by atoms with van der Waals surface area (Å²) in [6, 6.07) is 16.3. The van der Waals surface area contributed by atoms with E-state index in [4.69, 9.17) is 14.6 Å². The first-order valence-electron chi connectivity index (χ1n) is 11.2. The van der Waals surface area contributed by atoms with Crippen LogP contribution < -0.4 is 5.32 Å². The minimum Gasteiger partial charge on any atom is -0.481 e. The summed E-state index contributed by atoms with van der Waals surface area (Å²) < 4.78 is 10.8. The van der Waals surface area contributed by atoms with Gasteiger partial charge in [0.25, 0.3) is 0 Å². The third kappa shape index (κ3) is 5.51. The van der Waals surface area contributed by atoms with Crippen molar-refractivity contribution in [2.75, 3.05) is 39.5 Å². The Morgan fingerprint density at radius 2 is 1.70 bits per heavy atom. The Hall–Kier alpha value is -3.39. The summed E-state index contributed by atoms with van der Waals surface area (Å²) in [5.74, 6) is -1.00. The summed E-state index contributed by atoms with van der Waals surface area (Å²) >= 11 is 0. The molecule has 1 unspecified atom stereocenters. The van der Waals surface area contributed by atoms with E-state index in [0.29, 0.717) is 19.5 Å². The van der Waals surface area contributed by atoms with Gasteiger partial charge in [-0.1, -0.05) is 48.5 Å². The summed E-state index contributed by atoms with van der Waals surface area (Å²) in [6.45, 7) is 1.57. The van der Waals surface area contributed by atoms with Crippen molar-refractivity contribution < 1.29 is 29.0 Å². The molecule has 2 N–H and O–H groups in total. The number of alkyl carbamates (subject to hydrolysis) is 1. The number of hydrogen-bond donors (Lipinski definition) is 2. The Morgan fingerprint density at radius 3 is 2.36 bits per heavy atom. The zero-order valence-electron chi connectivity index (χ0n) is 18.4. The minimum atomic E-state index is -0.843. The lowest BCUT2D eigenvalue weighted by atomic mass is 9.98. The molecular weight excluding hydrogens is 424 g/mol. The molecule has 8 nitrogen and oxygen atoms in total. The van der Waals surface area contributed by atoms with Crippen molar-refractivity contribution in [2.24, 2.45) is 5.92 Å². The van der Waals surface area contributed by atoms with Gasteiger partial charge < -0.3 is 24.8 Å². The Kier molecular flexibility index (Phi) is 7.24. The monoisotopic (exact) mass is 452 g/mol. The molecular formula is C25H28N2O6. The highest BCUT2D eigenvalue weighted by molar-refractivity contribution is 5.79. The molecule has 1 atom stereocenters. The van der Waals surface area contributed by atoms with Gasteiger partial charge in [0.1, 0.15) is 13.2 Å². The second-order valence-corrected chi connectivity index (χ2v) is 8.40. The number of hydrogen-bond acceptors (Lipinski definition) is 5. The van der Waals surface area contributed by atoms with Crippen molar-refractivity contribution in [3.05, 3.63) is 59.7 Å². The molecule has 0 aromatic heterocycles. The number of benzene rings is 2. The molecule has 8 heteroatoms. The molecule has 0 saturated carbocycles. The molecule has 1 fully saturated rings.